The number of rotatable bonds is 5. The second-order valence-corrected chi connectivity index (χ2v) is 8.83. The molecule has 0 aromatic carbocycles. The Balaban J connectivity index is 1.65. The fourth-order valence-electron chi connectivity index (χ4n) is 3.19. The number of imidazole rings is 1. The van der Waals surface area contributed by atoms with Gasteiger partial charge in [0.05, 0.1) is 12.0 Å². The quantitative estimate of drug-likeness (QED) is 0.473. The van der Waals surface area contributed by atoms with Crippen molar-refractivity contribution in [2.75, 3.05) is 5.32 Å². The van der Waals surface area contributed by atoms with Crippen LogP contribution in [0, 0.1) is 0 Å². The molecular formula is C21H25ClN8. The van der Waals surface area contributed by atoms with Crippen LogP contribution < -0.4 is 5.32 Å². The van der Waals surface area contributed by atoms with Crippen LogP contribution in [0.15, 0.2) is 36.9 Å². The van der Waals surface area contributed by atoms with Crippen molar-refractivity contribution in [1.29, 1.82) is 0 Å². The zero-order chi connectivity index (χ0) is 21.5. The van der Waals surface area contributed by atoms with Gasteiger partial charge in [0.15, 0.2) is 22.8 Å². The van der Waals surface area contributed by atoms with Gasteiger partial charge in [0.2, 0.25) is 5.28 Å². The average molecular weight is 425 g/mol. The van der Waals surface area contributed by atoms with E-state index in [1.165, 1.54) is 0 Å². The fourth-order valence-corrected chi connectivity index (χ4v) is 3.35. The maximum absolute atomic E-state index is 6.18. The molecule has 0 radical (unpaired) electrons. The number of pyridine rings is 1. The van der Waals surface area contributed by atoms with Crippen LogP contribution >= 0.6 is 11.6 Å². The van der Waals surface area contributed by atoms with Crippen LogP contribution in [0.5, 0.6) is 0 Å². The van der Waals surface area contributed by atoms with Crippen LogP contribution in [-0.4, -0.2) is 34.3 Å². The molecule has 1 N–H and O–H groups in total. The lowest BCUT2D eigenvalue weighted by atomic mass is 9.93. The third-order valence-electron chi connectivity index (χ3n) is 4.84. The minimum Gasteiger partial charge on any atom is -0.364 e. The summed E-state index contributed by atoms with van der Waals surface area (Å²) in [6, 6.07) is 6.17. The van der Waals surface area contributed by atoms with E-state index in [4.69, 9.17) is 16.7 Å². The van der Waals surface area contributed by atoms with E-state index >= 15 is 0 Å². The van der Waals surface area contributed by atoms with E-state index in [2.05, 4.69) is 59.9 Å². The van der Waals surface area contributed by atoms with Gasteiger partial charge in [-0.05, 0) is 37.6 Å². The first kappa shape index (κ1) is 20.3. The topological polar surface area (TPSA) is 86.3 Å². The van der Waals surface area contributed by atoms with Crippen molar-refractivity contribution in [3.63, 3.8) is 0 Å². The van der Waals surface area contributed by atoms with Crippen LogP contribution in [-0.2, 0) is 12.0 Å². The molecule has 0 unspecified atom stereocenters. The van der Waals surface area contributed by atoms with Gasteiger partial charge in [0.1, 0.15) is 0 Å². The Kier molecular flexibility index (Phi) is 5.19. The molecule has 4 heterocycles. The van der Waals surface area contributed by atoms with E-state index in [0.29, 0.717) is 23.5 Å². The summed E-state index contributed by atoms with van der Waals surface area (Å²) >= 11 is 6.18. The standard InChI is InChI=1S/C21H25ClN8/c1-13(2)29-12-25-16-17(26-20(22)27-19(16)29)24-11-14-7-6-9-23-18(14)30-10-8-15(28-30)21(3,4)5/h6-10,12-13H,11H2,1-5H3,(H,24,26,27). The van der Waals surface area contributed by atoms with Crippen LogP contribution in [0.3, 0.4) is 0 Å². The van der Waals surface area contributed by atoms with Crippen LogP contribution in [0.4, 0.5) is 5.82 Å². The van der Waals surface area contributed by atoms with E-state index < -0.39 is 0 Å². The molecule has 4 aromatic heterocycles. The summed E-state index contributed by atoms with van der Waals surface area (Å²) in [6.45, 7) is 11.1. The van der Waals surface area contributed by atoms with Crippen molar-refractivity contribution in [1.82, 2.24) is 34.3 Å². The van der Waals surface area contributed by atoms with Crippen molar-refractivity contribution in [3.05, 3.63) is 53.5 Å². The number of hydrogen-bond acceptors (Lipinski definition) is 6. The third kappa shape index (κ3) is 3.87. The van der Waals surface area contributed by atoms with Gasteiger partial charge < -0.3 is 9.88 Å². The predicted molar refractivity (Wildman–Crippen MR) is 118 cm³/mol. The summed E-state index contributed by atoms with van der Waals surface area (Å²) in [5.41, 5.74) is 3.35. The Morgan fingerprint density at radius 2 is 1.93 bits per heavy atom. The second-order valence-electron chi connectivity index (χ2n) is 8.49. The van der Waals surface area contributed by atoms with Crippen LogP contribution in [0.2, 0.25) is 5.28 Å². The van der Waals surface area contributed by atoms with Gasteiger partial charge in [-0.3, -0.25) is 0 Å². The normalized spacial score (nSPS) is 12.1. The van der Waals surface area contributed by atoms with Crippen molar-refractivity contribution < 1.29 is 0 Å². The van der Waals surface area contributed by atoms with Gasteiger partial charge >= 0.3 is 0 Å². The highest BCUT2D eigenvalue weighted by Crippen LogP contribution is 2.25. The highest BCUT2D eigenvalue weighted by atomic mass is 35.5. The molecule has 0 fully saturated rings. The summed E-state index contributed by atoms with van der Waals surface area (Å²) in [7, 11) is 0. The number of anilines is 1. The number of aromatic nitrogens is 7. The number of halogens is 1. The largest absolute Gasteiger partial charge is 0.364 e. The summed E-state index contributed by atoms with van der Waals surface area (Å²) < 4.78 is 3.79. The van der Waals surface area contributed by atoms with Gasteiger partial charge in [-0.15, -0.1) is 0 Å². The van der Waals surface area contributed by atoms with E-state index in [1.807, 2.05) is 33.6 Å². The number of fused-ring (bicyclic) bond motifs is 1. The van der Waals surface area contributed by atoms with Gasteiger partial charge in [-0.25, -0.2) is 14.6 Å². The number of hydrogen-bond donors (Lipinski definition) is 1. The molecule has 0 aliphatic heterocycles. The Morgan fingerprint density at radius 3 is 2.63 bits per heavy atom. The molecule has 0 atom stereocenters. The summed E-state index contributed by atoms with van der Waals surface area (Å²) in [5.74, 6) is 1.36. The summed E-state index contributed by atoms with van der Waals surface area (Å²) in [6.07, 6.45) is 5.47. The average Bonchev–Trinajstić information content (AvgIpc) is 3.33. The highest BCUT2D eigenvalue weighted by Gasteiger charge is 2.19. The molecule has 0 saturated heterocycles. The van der Waals surface area contributed by atoms with Gasteiger partial charge in [-0.1, -0.05) is 26.8 Å². The highest BCUT2D eigenvalue weighted by molar-refractivity contribution is 6.28. The molecule has 0 spiro atoms. The van der Waals surface area contributed by atoms with Crippen molar-refractivity contribution in [2.45, 2.75) is 52.6 Å². The van der Waals surface area contributed by atoms with E-state index in [-0.39, 0.29) is 16.7 Å². The molecule has 0 bridgehead atoms. The van der Waals surface area contributed by atoms with E-state index in [9.17, 15) is 0 Å². The first-order valence-corrected chi connectivity index (χ1v) is 10.3. The van der Waals surface area contributed by atoms with Gasteiger partial charge in [0, 0.05) is 36.0 Å². The Bertz CT molecular complexity index is 1190. The number of nitrogens with zero attached hydrogens (tertiary/aromatic N) is 7. The first-order chi connectivity index (χ1) is 14.2. The lowest BCUT2D eigenvalue weighted by Crippen LogP contribution is -2.14. The molecule has 4 aromatic rings. The molecule has 9 heteroatoms. The van der Waals surface area contributed by atoms with Crippen LogP contribution in [0.25, 0.3) is 17.0 Å². The lowest BCUT2D eigenvalue weighted by Gasteiger charge is -2.15. The van der Waals surface area contributed by atoms with E-state index in [1.54, 1.807) is 12.5 Å². The fraction of sp³-hybridized carbons (Fsp3) is 0.381. The first-order valence-electron chi connectivity index (χ1n) is 9.88. The smallest absolute Gasteiger partial charge is 0.226 e. The summed E-state index contributed by atoms with van der Waals surface area (Å²) in [4.78, 5) is 17.7. The molecule has 0 aliphatic carbocycles. The summed E-state index contributed by atoms with van der Waals surface area (Å²) in [5, 5.41) is 8.25. The Labute approximate surface area is 180 Å². The molecular weight excluding hydrogens is 400 g/mol. The van der Waals surface area contributed by atoms with Crippen molar-refractivity contribution >= 4 is 28.6 Å². The lowest BCUT2D eigenvalue weighted by molar-refractivity contribution is 0.559. The molecule has 156 valence electrons. The second kappa shape index (κ2) is 7.68. The maximum Gasteiger partial charge on any atom is 0.226 e. The molecule has 0 saturated carbocycles. The molecule has 4 rings (SSSR count). The van der Waals surface area contributed by atoms with E-state index in [0.717, 1.165) is 17.1 Å². The number of nitrogens with one attached hydrogen (secondary N) is 1. The Hall–Kier alpha value is -3.00. The molecule has 0 aliphatic rings. The molecule has 0 amide bonds. The van der Waals surface area contributed by atoms with Crippen LogP contribution in [0.1, 0.15) is 51.9 Å². The SMILES string of the molecule is CC(C)n1cnc2c(NCc3cccnc3-n3ccc(C(C)(C)C)n3)nc(Cl)nc21. The zero-order valence-corrected chi connectivity index (χ0v) is 18.5. The Morgan fingerprint density at radius 1 is 1.13 bits per heavy atom. The minimum absolute atomic E-state index is 0.0308. The van der Waals surface area contributed by atoms with Gasteiger partial charge in [0.25, 0.3) is 0 Å². The molecule has 8 nitrogen and oxygen atoms in total. The molecule has 30 heavy (non-hydrogen) atoms. The monoisotopic (exact) mass is 424 g/mol. The van der Waals surface area contributed by atoms with Crippen molar-refractivity contribution in [3.8, 4) is 5.82 Å². The maximum atomic E-state index is 6.18. The zero-order valence-electron chi connectivity index (χ0n) is 17.8. The third-order valence-corrected chi connectivity index (χ3v) is 5.01. The minimum atomic E-state index is -0.0308. The van der Waals surface area contributed by atoms with Gasteiger partial charge in [-0.2, -0.15) is 15.1 Å². The van der Waals surface area contributed by atoms with Crippen molar-refractivity contribution in [2.24, 2.45) is 0 Å². The predicted octanol–water partition coefficient (Wildman–Crippen LogP) is 4.55.